The molecule has 1 aromatic heterocycles. The number of rotatable bonds is 3. The molecular weight excluding hydrogens is 381 g/mol. The summed E-state index contributed by atoms with van der Waals surface area (Å²) >= 11 is 0. The zero-order valence-corrected chi connectivity index (χ0v) is 17.4. The zero-order chi connectivity index (χ0) is 17.4. The van der Waals surface area contributed by atoms with Crippen molar-refractivity contribution in [3.05, 3.63) is 53.9 Å². The predicted octanol–water partition coefficient (Wildman–Crippen LogP) is 4.26. The van der Waals surface area contributed by atoms with Crippen molar-refractivity contribution in [1.29, 1.82) is 0 Å². The van der Waals surface area contributed by atoms with Crippen LogP contribution in [0, 0.1) is 6.92 Å². The quantitative estimate of drug-likeness (QED) is 0.826. The second kappa shape index (κ2) is 9.05. The van der Waals surface area contributed by atoms with Crippen molar-refractivity contribution >= 4 is 30.7 Å². The van der Waals surface area contributed by atoms with Gasteiger partial charge in [0.2, 0.25) is 0 Å². The Bertz CT molecular complexity index is 769. The highest BCUT2D eigenvalue weighted by atomic mass is 35.5. The first kappa shape index (κ1) is 21.7. The molecule has 2 unspecified atom stereocenters. The number of hydrogen-bond acceptors (Lipinski definition) is 3. The van der Waals surface area contributed by atoms with E-state index in [1.54, 1.807) is 6.20 Å². The average molecular weight is 408 g/mol. The molecule has 6 heteroatoms. The number of pyridine rings is 1. The van der Waals surface area contributed by atoms with E-state index in [0.717, 1.165) is 24.0 Å². The van der Waals surface area contributed by atoms with Crippen LogP contribution in [0.3, 0.4) is 0 Å². The van der Waals surface area contributed by atoms with E-state index in [4.69, 9.17) is 0 Å². The van der Waals surface area contributed by atoms with E-state index >= 15 is 0 Å². The zero-order valence-electron chi connectivity index (χ0n) is 15.7. The third-order valence-electron chi connectivity index (χ3n) is 5.69. The Morgan fingerprint density at radius 1 is 1.04 bits per heavy atom. The lowest BCUT2D eigenvalue weighted by Crippen LogP contribution is -2.48. The van der Waals surface area contributed by atoms with Gasteiger partial charge in [0, 0.05) is 43.1 Å². The summed E-state index contributed by atoms with van der Waals surface area (Å²) in [4.78, 5) is 19.2. The number of benzene rings is 1. The maximum atomic E-state index is 13.0. The maximum absolute atomic E-state index is 13.0. The van der Waals surface area contributed by atoms with Crippen LogP contribution >= 0.6 is 24.8 Å². The van der Waals surface area contributed by atoms with Crippen molar-refractivity contribution in [3.63, 3.8) is 0 Å². The van der Waals surface area contributed by atoms with Crippen LogP contribution in [-0.2, 0) is 0 Å². The molecule has 2 aliphatic heterocycles. The Labute approximate surface area is 173 Å². The number of halogens is 2. The molecule has 4 rings (SSSR count). The summed E-state index contributed by atoms with van der Waals surface area (Å²) in [6.45, 7) is 2.07. The van der Waals surface area contributed by atoms with Gasteiger partial charge in [-0.15, -0.1) is 24.8 Å². The molecule has 2 aromatic rings. The Morgan fingerprint density at radius 2 is 1.67 bits per heavy atom. The highest BCUT2D eigenvalue weighted by Crippen LogP contribution is 2.30. The Morgan fingerprint density at radius 3 is 2.30 bits per heavy atom. The molecule has 2 aliphatic rings. The molecule has 0 radical (unpaired) electrons. The lowest BCUT2D eigenvalue weighted by Gasteiger charge is -2.35. The van der Waals surface area contributed by atoms with Gasteiger partial charge in [0.25, 0.3) is 5.91 Å². The van der Waals surface area contributed by atoms with Gasteiger partial charge < -0.3 is 10.2 Å². The molecule has 2 fully saturated rings. The van der Waals surface area contributed by atoms with Crippen molar-refractivity contribution in [2.24, 2.45) is 0 Å². The Balaban J connectivity index is 0.00000131. The van der Waals surface area contributed by atoms with E-state index < -0.39 is 0 Å². The van der Waals surface area contributed by atoms with Gasteiger partial charge >= 0.3 is 0 Å². The monoisotopic (exact) mass is 407 g/mol. The third-order valence-corrected chi connectivity index (χ3v) is 5.69. The van der Waals surface area contributed by atoms with Crippen molar-refractivity contribution in [1.82, 2.24) is 15.2 Å². The van der Waals surface area contributed by atoms with E-state index in [0.29, 0.717) is 23.7 Å². The number of nitrogens with zero attached hydrogens (tertiary/aromatic N) is 2. The maximum Gasteiger partial charge on any atom is 0.255 e. The molecule has 3 heterocycles. The normalized spacial score (nSPS) is 23.1. The van der Waals surface area contributed by atoms with E-state index in [2.05, 4.69) is 41.5 Å². The molecule has 2 bridgehead atoms. The van der Waals surface area contributed by atoms with Crippen molar-refractivity contribution in [2.75, 3.05) is 7.05 Å². The smallest absolute Gasteiger partial charge is 0.255 e. The molecule has 2 atom stereocenters. The number of amides is 1. The van der Waals surface area contributed by atoms with Crippen LogP contribution in [0.1, 0.15) is 41.6 Å². The molecule has 146 valence electrons. The van der Waals surface area contributed by atoms with E-state index in [9.17, 15) is 4.79 Å². The summed E-state index contributed by atoms with van der Waals surface area (Å²) in [6, 6.07) is 11.8. The average Bonchev–Trinajstić information content (AvgIpc) is 2.99. The summed E-state index contributed by atoms with van der Waals surface area (Å²) in [5.41, 5.74) is 3.98. The van der Waals surface area contributed by atoms with Crippen LogP contribution in [-0.4, -0.2) is 41.0 Å². The molecule has 0 saturated carbocycles. The minimum absolute atomic E-state index is 0. The number of carbonyl (C=O) groups excluding carboxylic acids is 1. The second-order valence-electron chi connectivity index (χ2n) is 7.51. The van der Waals surface area contributed by atoms with Crippen LogP contribution in [0.25, 0.3) is 11.1 Å². The van der Waals surface area contributed by atoms with Gasteiger partial charge in [-0.05, 0) is 44.2 Å². The van der Waals surface area contributed by atoms with Crippen molar-refractivity contribution in [2.45, 2.75) is 50.7 Å². The highest BCUT2D eigenvalue weighted by molar-refractivity contribution is 5.95. The van der Waals surface area contributed by atoms with Gasteiger partial charge in [0.05, 0.1) is 5.56 Å². The molecule has 4 nitrogen and oxygen atoms in total. The van der Waals surface area contributed by atoms with E-state index in [1.165, 1.54) is 18.4 Å². The Hall–Kier alpha value is -1.62. The summed E-state index contributed by atoms with van der Waals surface area (Å²) in [6.07, 6.45) is 8.12. The minimum atomic E-state index is 0. The van der Waals surface area contributed by atoms with Gasteiger partial charge in [-0.2, -0.15) is 0 Å². The lowest BCUT2D eigenvalue weighted by atomic mass is 9.97. The summed E-state index contributed by atoms with van der Waals surface area (Å²) in [7, 11) is 1.94. The summed E-state index contributed by atoms with van der Waals surface area (Å²) < 4.78 is 0. The predicted molar refractivity (Wildman–Crippen MR) is 114 cm³/mol. The molecule has 0 aliphatic carbocycles. The molecule has 0 spiro atoms. The van der Waals surface area contributed by atoms with Crippen LogP contribution < -0.4 is 5.32 Å². The van der Waals surface area contributed by atoms with Gasteiger partial charge in [-0.25, -0.2) is 0 Å². The summed E-state index contributed by atoms with van der Waals surface area (Å²) in [5, 5.41) is 3.64. The van der Waals surface area contributed by atoms with Crippen LogP contribution in [0.15, 0.2) is 42.7 Å². The molecule has 27 heavy (non-hydrogen) atoms. The minimum Gasteiger partial charge on any atom is -0.339 e. The Kier molecular flexibility index (Phi) is 7.26. The van der Waals surface area contributed by atoms with E-state index in [1.807, 2.05) is 24.2 Å². The van der Waals surface area contributed by atoms with Gasteiger partial charge in [-0.3, -0.25) is 9.78 Å². The van der Waals surface area contributed by atoms with Crippen LogP contribution in [0.5, 0.6) is 0 Å². The molecule has 1 amide bonds. The van der Waals surface area contributed by atoms with Crippen molar-refractivity contribution < 1.29 is 4.79 Å². The number of hydrogen-bond donors (Lipinski definition) is 1. The fourth-order valence-corrected chi connectivity index (χ4v) is 4.17. The molecule has 2 saturated heterocycles. The first-order chi connectivity index (χ1) is 12.1. The highest BCUT2D eigenvalue weighted by Gasteiger charge is 2.36. The van der Waals surface area contributed by atoms with Gasteiger partial charge in [0.1, 0.15) is 0 Å². The first-order valence-corrected chi connectivity index (χ1v) is 9.15. The fraction of sp³-hybridized carbons (Fsp3) is 0.429. The number of piperidine rings is 1. The standard InChI is InChI=1S/C21H25N3O.2ClH/c1-14-3-5-15(6-4-14)16-9-17(13-22-12-16)21(25)24(2)20-10-18-7-8-19(11-20)23-18;;/h3-6,9,12-13,18-20,23H,7-8,10-11H2,1-2H3;2*1H. The second-order valence-corrected chi connectivity index (χ2v) is 7.51. The molecule has 1 aromatic carbocycles. The number of aromatic nitrogens is 1. The number of fused-ring (bicyclic) bond motifs is 2. The topological polar surface area (TPSA) is 45.2 Å². The van der Waals surface area contributed by atoms with Crippen molar-refractivity contribution in [3.8, 4) is 11.1 Å². The van der Waals surface area contributed by atoms with Crippen LogP contribution in [0.2, 0.25) is 0 Å². The third kappa shape index (κ3) is 4.63. The van der Waals surface area contributed by atoms with Gasteiger partial charge in [0.15, 0.2) is 0 Å². The van der Waals surface area contributed by atoms with E-state index in [-0.39, 0.29) is 30.7 Å². The first-order valence-electron chi connectivity index (χ1n) is 9.15. The number of nitrogens with one attached hydrogen (secondary N) is 1. The number of carbonyl (C=O) groups is 1. The van der Waals surface area contributed by atoms with Gasteiger partial charge in [-0.1, -0.05) is 29.8 Å². The largest absolute Gasteiger partial charge is 0.339 e. The van der Waals surface area contributed by atoms with Crippen LogP contribution in [0.4, 0.5) is 0 Å². The number of aryl methyl sites for hydroxylation is 1. The lowest BCUT2D eigenvalue weighted by molar-refractivity contribution is 0.0681. The molecule has 1 N–H and O–H groups in total. The SMILES string of the molecule is Cc1ccc(-c2cncc(C(=O)N(C)C3CC4CCC(C3)N4)c2)cc1.Cl.Cl. The fourth-order valence-electron chi connectivity index (χ4n) is 4.17. The summed E-state index contributed by atoms with van der Waals surface area (Å²) in [5.74, 6) is 0.0766. The molecular formula is C21H27Cl2N3O.